The summed E-state index contributed by atoms with van der Waals surface area (Å²) in [6, 6.07) is 2.26. The van der Waals surface area contributed by atoms with Gasteiger partial charge in [0.1, 0.15) is 5.82 Å². The molecule has 20 heavy (non-hydrogen) atoms. The number of anilines is 1. The summed E-state index contributed by atoms with van der Waals surface area (Å²) in [7, 11) is -3.71. The van der Waals surface area contributed by atoms with Crippen LogP contribution < -0.4 is 5.73 Å². The normalized spacial score (nSPS) is 24.8. The van der Waals surface area contributed by atoms with Crippen molar-refractivity contribution in [3.63, 3.8) is 0 Å². The molecule has 0 radical (unpaired) electrons. The molecule has 1 aliphatic heterocycles. The summed E-state index contributed by atoms with van der Waals surface area (Å²) in [6.07, 6.45) is 2.67. The highest BCUT2D eigenvalue weighted by Crippen LogP contribution is 2.31. The second-order valence-electron chi connectivity index (χ2n) is 5.58. The molecule has 112 valence electrons. The molecule has 1 heterocycles. The van der Waals surface area contributed by atoms with Crippen LogP contribution in [0.25, 0.3) is 0 Å². The Labute approximate surface area is 119 Å². The van der Waals surface area contributed by atoms with Crippen molar-refractivity contribution in [1.82, 2.24) is 4.31 Å². The lowest BCUT2D eigenvalue weighted by Gasteiger charge is -2.37. The van der Waals surface area contributed by atoms with Gasteiger partial charge in [0.2, 0.25) is 10.0 Å². The zero-order chi connectivity index (χ0) is 15.1. The second-order valence-corrected chi connectivity index (χ2v) is 7.43. The molecular weight excluding hydrogens is 279 g/mol. The van der Waals surface area contributed by atoms with Crippen LogP contribution in [0.2, 0.25) is 0 Å². The van der Waals surface area contributed by atoms with Crippen LogP contribution in [0.1, 0.15) is 38.7 Å². The van der Waals surface area contributed by atoms with Crippen LogP contribution in [0.3, 0.4) is 0 Å². The van der Waals surface area contributed by atoms with Gasteiger partial charge >= 0.3 is 0 Å². The summed E-state index contributed by atoms with van der Waals surface area (Å²) in [4.78, 5) is -0.0568. The second kappa shape index (κ2) is 5.33. The number of nitrogens with two attached hydrogens (primary N) is 1. The summed E-state index contributed by atoms with van der Waals surface area (Å²) in [5.41, 5.74) is 6.14. The Morgan fingerprint density at radius 3 is 2.30 bits per heavy atom. The maximum absolute atomic E-state index is 13.8. The molecule has 2 rings (SSSR count). The van der Waals surface area contributed by atoms with Crippen LogP contribution in [0.4, 0.5) is 10.1 Å². The van der Waals surface area contributed by atoms with E-state index in [1.807, 2.05) is 13.8 Å². The third kappa shape index (κ3) is 2.54. The van der Waals surface area contributed by atoms with Gasteiger partial charge in [0.05, 0.1) is 4.90 Å². The number of hydrogen-bond donors (Lipinski definition) is 1. The number of nitrogen functional groups attached to an aromatic ring is 1. The van der Waals surface area contributed by atoms with Crippen LogP contribution in [0, 0.1) is 12.7 Å². The third-order valence-electron chi connectivity index (χ3n) is 4.05. The van der Waals surface area contributed by atoms with Crippen LogP contribution in [0.5, 0.6) is 0 Å². The number of sulfonamides is 1. The predicted octanol–water partition coefficient (Wildman–Crippen LogP) is 2.67. The minimum absolute atomic E-state index is 0.0568. The Kier molecular flexibility index (Phi) is 4.07. The minimum Gasteiger partial charge on any atom is -0.398 e. The number of hydrogen-bond acceptors (Lipinski definition) is 3. The fraction of sp³-hybridized carbons (Fsp3) is 0.571. The lowest BCUT2D eigenvalue weighted by atomic mass is 10.0. The first-order valence-corrected chi connectivity index (χ1v) is 8.28. The molecule has 1 aromatic rings. The van der Waals surface area contributed by atoms with E-state index in [2.05, 4.69) is 0 Å². The average molecular weight is 300 g/mol. The van der Waals surface area contributed by atoms with Crippen LogP contribution in [-0.4, -0.2) is 24.8 Å². The van der Waals surface area contributed by atoms with Crippen molar-refractivity contribution in [3.05, 3.63) is 23.5 Å². The largest absolute Gasteiger partial charge is 0.398 e. The third-order valence-corrected chi connectivity index (χ3v) is 6.15. The van der Waals surface area contributed by atoms with Gasteiger partial charge in [-0.3, -0.25) is 0 Å². The van der Waals surface area contributed by atoms with E-state index < -0.39 is 15.8 Å². The van der Waals surface area contributed by atoms with Crippen LogP contribution >= 0.6 is 0 Å². The van der Waals surface area contributed by atoms with Crippen LogP contribution in [-0.2, 0) is 10.0 Å². The summed E-state index contributed by atoms with van der Waals surface area (Å²) in [5.74, 6) is -0.583. The highest BCUT2D eigenvalue weighted by Gasteiger charge is 2.36. The molecule has 4 nitrogen and oxygen atoms in total. The fourth-order valence-electron chi connectivity index (χ4n) is 2.82. The zero-order valence-electron chi connectivity index (χ0n) is 12.1. The van der Waals surface area contributed by atoms with Gasteiger partial charge in [0, 0.05) is 23.3 Å². The number of nitrogens with zero attached hydrogens (tertiary/aromatic N) is 1. The van der Waals surface area contributed by atoms with E-state index in [1.165, 1.54) is 17.3 Å². The summed E-state index contributed by atoms with van der Waals surface area (Å²) in [6.45, 7) is 5.31. The van der Waals surface area contributed by atoms with E-state index in [0.717, 1.165) is 25.3 Å². The van der Waals surface area contributed by atoms with Gasteiger partial charge in [0.25, 0.3) is 0 Å². The highest BCUT2D eigenvalue weighted by molar-refractivity contribution is 7.89. The molecule has 0 spiro atoms. The molecule has 1 aliphatic rings. The van der Waals surface area contributed by atoms with E-state index in [0.29, 0.717) is 0 Å². The monoisotopic (exact) mass is 300 g/mol. The zero-order valence-corrected chi connectivity index (χ0v) is 12.9. The van der Waals surface area contributed by atoms with Crippen molar-refractivity contribution in [2.24, 2.45) is 0 Å². The van der Waals surface area contributed by atoms with Crippen molar-refractivity contribution in [2.45, 2.75) is 57.0 Å². The van der Waals surface area contributed by atoms with Gasteiger partial charge in [0.15, 0.2) is 0 Å². The lowest BCUT2D eigenvalue weighted by Crippen LogP contribution is -2.47. The smallest absolute Gasteiger partial charge is 0.243 e. The lowest BCUT2D eigenvalue weighted by molar-refractivity contribution is 0.204. The molecule has 0 aromatic heterocycles. The molecule has 1 aromatic carbocycles. The quantitative estimate of drug-likeness (QED) is 0.854. The Morgan fingerprint density at radius 2 is 1.80 bits per heavy atom. The molecule has 2 N–H and O–H groups in total. The first-order valence-electron chi connectivity index (χ1n) is 6.84. The summed E-state index contributed by atoms with van der Waals surface area (Å²) < 4.78 is 40.7. The maximum Gasteiger partial charge on any atom is 0.243 e. The predicted molar refractivity (Wildman–Crippen MR) is 77.3 cm³/mol. The molecule has 1 saturated heterocycles. The van der Waals surface area contributed by atoms with E-state index in [1.54, 1.807) is 0 Å². The van der Waals surface area contributed by atoms with Gasteiger partial charge in [-0.1, -0.05) is 6.42 Å². The minimum atomic E-state index is -3.71. The molecule has 0 amide bonds. The molecule has 0 bridgehead atoms. The highest BCUT2D eigenvalue weighted by atomic mass is 32.2. The molecular formula is C14H21FN2O2S. The van der Waals surface area contributed by atoms with Gasteiger partial charge in [-0.25, -0.2) is 12.8 Å². The SMILES string of the molecule is Cc1c(N)cc(S(=O)(=O)N2[C@H](C)CCC[C@@H]2C)cc1F. The molecule has 0 saturated carbocycles. The van der Waals surface area contributed by atoms with Gasteiger partial charge < -0.3 is 5.73 Å². The summed E-state index contributed by atoms with van der Waals surface area (Å²) in [5, 5.41) is 0. The first-order chi connectivity index (χ1) is 9.25. The molecule has 1 fully saturated rings. The molecule has 6 heteroatoms. The number of rotatable bonds is 2. The number of piperidine rings is 1. The number of benzene rings is 1. The Bertz CT molecular complexity index is 583. The van der Waals surface area contributed by atoms with Crippen molar-refractivity contribution in [3.8, 4) is 0 Å². The van der Waals surface area contributed by atoms with E-state index in [9.17, 15) is 12.8 Å². The van der Waals surface area contributed by atoms with E-state index in [4.69, 9.17) is 5.73 Å². The van der Waals surface area contributed by atoms with Gasteiger partial charge in [-0.05, 0) is 45.7 Å². The van der Waals surface area contributed by atoms with E-state index in [-0.39, 0.29) is 28.2 Å². The number of halogens is 1. The van der Waals surface area contributed by atoms with Crippen molar-refractivity contribution >= 4 is 15.7 Å². The van der Waals surface area contributed by atoms with Crippen LogP contribution in [0.15, 0.2) is 17.0 Å². The topological polar surface area (TPSA) is 63.4 Å². The maximum atomic E-state index is 13.8. The Morgan fingerprint density at radius 1 is 1.25 bits per heavy atom. The molecule has 2 atom stereocenters. The fourth-order valence-corrected chi connectivity index (χ4v) is 4.75. The van der Waals surface area contributed by atoms with Crippen molar-refractivity contribution in [1.29, 1.82) is 0 Å². The molecule has 0 aliphatic carbocycles. The van der Waals surface area contributed by atoms with E-state index >= 15 is 0 Å². The van der Waals surface area contributed by atoms with Crippen molar-refractivity contribution in [2.75, 3.05) is 5.73 Å². The average Bonchev–Trinajstić information content (AvgIpc) is 2.34. The standard InChI is InChI=1S/C14H21FN2O2S/c1-9-5-4-6-10(2)17(9)20(18,19)12-7-13(15)11(3)14(16)8-12/h7-10H,4-6,16H2,1-3H3/t9-,10+. The Balaban J connectivity index is 2.49. The summed E-state index contributed by atoms with van der Waals surface area (Å²) >= 11 is 0. The molecule has 0 unspecified atom stereocenters. The Hall–Kier alpha value is -1.14. The van der Waals surface area contributed by atoms with Gasteiger partial charge in [-0.2, -0.15) is 4.31 Å². The van der Waals surface area contributed by atoms with Gasteiger partial charge in [-0.15, -0.1) is 0 Å². The van der Waals surface area contributed by atoms with Crippen molar-refractivity contribution < 1.29 is 12.8 Å². The first kappa shape index (κ1) is 15.3.